The number of alkyl halides is 3. The van der Waals surface area contributed by atoms with E-state index in [2.05, 4.69) is 8.92 Å². The third-order valence-corrected chi connectivity index (χ3v) is 12.0. The van der Waals surface area contributed by atoms with Crippen LogP contribution in [0.1, 0.15) is 84.1 Å². The van der Waals surface area contributed by atoms with Crippen molar-refractivity contribution in [2.45, 2.75) is 111 Å². The highest BCUT2D eigenvalue weighted by molar-refractivity contribution is 7.87. The van der Waals surface area contributed by atoms with Crippen LogP contribution in [0.15, 0.2) is 170 Å². The van der Waals surface area contributed by atoms with Crippen molar-refractivity contribution in [3.05, 3.63) is 192 Å². The van der Waals surface area contributed by atoms with E-state index in [1.807, 2.05) is 140 Å². The fourth-order valence-corrected chi connectivity index (χ4v) is 7.70. The first kappa shape index (κ1) is 62.8. The number of ketones is 2. The summed E-state index contributed by atoms with van der Waals surface area (Å²) in [6, 6.07) is 53.0. The van der Waals surface area contributed by atoms with Crippen LogP contribution in [0.5, 0.6) is 0 Å². The molecule has 1 unspecified atom stereocenters. The molecule has 0 saturated heterocycles. The number of carbonyl (C=O) groups is 6. The van der Waals surface area contributed by atoms with Crippen molar-refractivity contribution in [2.24, 2.45) is 11.8 Å². The highest BCUT2D eigenvalue weighted by atomic mass is 32.2. The van der Waals surface area contributed by atoms with E-state index < -0.39 is 68.6 Å². The number of Topliss-reactive ketones (excluding diaryl/α,β-unsaturated/α-hetero) is 2. The van der Waals surface area contributed by atoms with Gasteiger partial charge in [-0.15, -0.1) is 0 Å². The minimum absolute atomic E-state index is 0.00921. The second-order valence-corrected chi connectivity index (χ2v) is 21.4. The number of halogens is 3. The second-order valence-electron chi connectivity index (χ2n) is 19.9. The molecule has 0 aliphatic carbocycles. The Hall–Kier alpha value is -7.76. The normalized spacial score (nSPS) is 12.6. The monoisotopic (exact) mass is 1090 g/mol. The molecule has 0 aromatic heterocycles. The lowest BCUT2D eigenvalue weighted by Crippen LogP contribution is -2.40. The Morgan fingerprint density at radius 3 is 1.23 bits per heavy atom. The number of benzene rings is 6. The van der Waals surface area contributed by atoms with Crippen molar-refractivity contribution in [3.63, 3.8) is 0 Å². The summed E-state index contributed by atoms with van der Waals surface area (Å²) in [5.41, 5.74) is 0.504. The van der Waals surface area contributed by atoms with Crippen molar-refractivity contribution < 1.29 is 73.5 Å². The smallest absolute Gasteiger partial charge is 0.461 e. The fourth-order valence-electron chi connectivity index (χ4n) is 7.14. The van der Waals surface area contributed by atoms with Gasteiger partial charge in [-0.25, -0.2) is 8.98 Å². The van der Waals surface area contributed by atoms with Gasteiger partial charge in [0.1, 0.15) is 42.5 Å². The zero-order valence-corrected chi connectivity index (χ0v) is 45.6. The Bertz CT molecular complexity index is 2990. The first-order chi connectivity index (χ1) is 36.6. The molecule has 6 aromatic rings. The van der Waals surface area contributed by atoms with Gasteiger partial charge in [-0.05, 0) is 93.0 Å². The van der Waals surface area contributed by atoms with Crippen molar-refractivity contribution in [1.29, 1.82) is 0 Å². The van der Waals surface area contributed by atoms with Crippen LogP contribution >= 0.6 is 0 Å². The molecule has 0 aliphatic rings. The van der Waals surface area contributed by atoms with Crippen LogP contribution in [0, 0.1) is 11.8 Å². The van der Waals surface area contributed by atoms with E-state index in [0.29, 0.717) is 5.56 Å². The molecule has 0 saturated carbocycles. The molecule has 13 nitrogen and oxygen atoms in total. The van der Waals surface area contributed by atoms with E-state index in [1.54, 1.807) is 71.9 Å². The van der Waals surface area contributed by atoms with Gasteiger partial charge in [0.25, 0.3) is 0 Å². The van der Waals surface area contributed by atoms with E-state index in [-0.39, 0.29) is 44.0 Å². The molecule has 0 spiro atoms. The lowest BCUT2D eigenvalue weighted by molar-refractivity contribution is -0.170. The van der Waals surface area contributed by atoms with Gasteiger partial charge in [-0.2, -0.15) is 21.6 Å². The van der Waals surface area contributed by atoms with Crippen LogP contribution in [0.3, 0.4) is 0 Å². The molecule has 0 heterocycles. The van der Waals surface area contributed by atoms with Gasteiger partial charge >= 0.3 is 39.5 Å². The van der Waals surface area contributed by atoms with Crippen LogP contribution in [0.2, 0.25) is 0 Å². The number of carbonyl (C=O) groups excluding carboxylic acids is 6. The lowest BCUT2D eigenvalue weighted by atomic mass is 9.86. The number of rotatable bonds is 19. The first-order valence-electron chi connectivity index (χ1n) is 24.8. The van der Waals surface area contributed by atoms with Crippen molar-refractivity contribution in [3.8, 4) is 22.3 Å². The molecule has 0 bridgehead atoms. The molecule has 78 heavy (non-hydrogen) atoms. The van der Waals surface area contributed by atoms with Crippen molar-refractivity contribution in [2.75, 3.05) is 0 Å². The molecule has 0 aliphatic heterocycles. The van der Waals surface area contributed by atoms with Gasteiger partial charge in [0, 0.05) is 12.8 Å². The summed E-state index contributed by atoms with van der Waals surface area (Å²) < 4.78 is 82.0. The van der Waals surface area contributed by atoms with Crippen LogP contribution in [-0.4, -0.2) is 66.7 Å². The van der Waals surface area contributed by atoms with Crippen molar-refractivity contribution in [1.82, 2.24) is 0 Å². The molecule has 6 aromatic carbocycles. The molecule has 6 rings (SSSR count). The van der Waals surface area contributed by atoms with Gasteiger partial charge in [-0.1, -0.05) is 177 Å². The van der Waals surface area contributed by atoms with E-state index in [1.165, 1.54) is 6.92 Å². The quantitative estimate of drug-likeness (QED) is 0.0246. The third-order valence-electron chi connectivity index (χ3n) is 10.9. The number of ether oxygens (including phenoxy) is 4. The zero-order chi connectivity index (χ0) is 57.7. The first-order valence-corrected chi connectivity index (χ1v) is 26.2. The average Bonchev–Trinajstić information content (AvgIpc) is 3.39. The summed E-state index contributed by atoms with van der Waals surface area (Å²) in [4.78, 5) is 74.1. The number of hydrogen-bond donors (Lipinski definition) is 0. The molecule has 414 valence electrons. The maximum absolute atomic E-state index is 13.3. The minimum Gasteiger partial charge on any atom is -0.461 e. The van der Waals surface area contributed by atoms with E-state index in [9.17, 15) is 50.4 Å². The summed E-state index contributed by atoms with van der Waals surface area (Å²) in [6.45, 7) is 12.8. The predicted molar refractivity (Wildman–Crippen MR) is 288 cm³/mol. The van der Waals surface area contributed by atoms with Gasteiger partial charge in [0.2, 0.25) is 0 Å². The lowest BCUT2D eigenvalue weighted by Gasteiger charge is -2.26. The Labute approximate surface area is 454 Å². The van der Waals surface area contributed by atoms with Gasteiger partial charge in [-0.3, -0.25) is 24.0 Å². The number of hydrogen-bond acceptors (Lipinski definition) is 13. The third kappa shape index (κ3) is 22.1. The minimum atomic E-state index is -5.83. The van der Waals surface area contributed by atoms with E-state index in [0.717, 1.165) is 45.9 Å². The summed E-state index contributed by atoms with van der Waals surface area (Å²) in [6.07, 6.45) is -1.81. The molecule has 0 amide bonds. The second kappa shape index (κ2) is 29.1. The topological polar surface area (TPSA) is 183 Å². The molecule has 0 radical (unpaired) electrons. The molecule has 3 atom stereocenters. The summed E-state index contributed by atoms with van der Waals surface area (Å²) in [7, 11) is -5.83. The maximum atomic E-state index is 13.3. The molecular formula is C61H65F3O13S. The highest BCUT2D eigenvalue weighted by Gasteiger charge is 2.49. The standard InChI is InChI=1S/C30H32O5.C20H22O3.C11H11F3O5S/c1-21(28(32)34-20-23-11-7-5-8-12-23)27(29(33)35-30(2,3)4)26(31)19-22-15-17-25(18-16-22)24-13-9-6-10-14-24;1-20(2,3)23-19(22)14-18(21)13-15-9-11-17(12-10-15)16-7-5-4-6-8-16;1-8(19-20(16,17)11(12,13)14)10(15)18-7-9-5-3-2-4-6-9/h5-18,21,27H,19-20H2,1-4H3;4-12H,13-14H2,1-3H3;2-6,8H,7H2,1H3/t21-,27?;;8-/m1.1/s1. The van der Waals surface area contributed by atoms with Gasteiger partial charge < -0.3 is 18.9 Å². The molecule has 0 N–H and O–H groups in total. The van der Waals surface area contributed by atoms with Crippen LogP contribution in [0.4, 0.5) is 13.2 Å². The van der Waals surface area contributed by atoms with Crippen LogP contribution in [-0.2, 0) is 88.1 Å². The molecular weight excluding hydrogens is 1030 g/mol. The zero-order valence-electron chi connectivity index (χ0n) is 44.8. The van der Waals surface area contributed by atoms with Crippen LogP contribution < -0.4 is 0 Å². The van der Waals surface area contributed by atoms with Gasteiger partial charge in [0.05, 0.1) is 5.92 Å². The Morgan fingerprint density at radius 2 is 0.833 bits per heavy atom. The van der Waals surface area contributed by atoms with E-state index in [4.69, 9.17) is 14.2 Å². The summed E-state index contributed by atoms with van der Waals surface area (Å²) in [5.74, 6) is -5.76. The number of esters is 4. The molecule has 17 heteroatoms. The highest BCUT2D eigenvalue weighted by Crippen LogP contribution is 2.27. The summed E-state index contributed by atoms with van der Waals surface area (Å²) in [5, 5.41) is 0. The Balaban J connectivity index is 0.000000266. The predicted octanol–water partition coefficient (Wildman–Crippen LogP) is 12.0. The van der Waals surface area contributed by atoms with Gasteiger partial charge in [0.15, 0.2) is 11.9 Å². The molecule has 0 fully saturated rings. The van der Waals surface area contributed by atoms with E-state index >= 15 is 0 Å². The maximum Gasteiger partial charge on any atom is 0.523 e. The SMILES string of the molecule is CC(C)(C)OC(=O)CC(=O)Cc1ccc(-c2ccccc2)cc1.C[C@@H](C(=O)OCc1ccccc1)C(C(=O)Cc1ccc(-c2ccccc2)cc1)C(=O)OC(C)(C)C.C[C@@H](OS(=O)(=O)C(F)(F)F)C(=O)OCc1ccccc1. The van der Waals surface area contributed by atoms with Crippen LogP contribution in [0.25, 0.3) is 22.3 Å². The Kier molecular flexibility index (Phi) is 23.4. The summed E-state index contributed by atoms with van der Waals surface area (Å²) >= 11 is 0. The largest absolute Gasteiger partial charge is 0.523 e. The fraction of sp³-hybridized carbons (Fsp3) is 0.311. The van der Waals surface area contributed by atoms with Crippen molar-refractivity contribution >= 4 is 45.6 Å². The Morgan fingerprint density at radius 1 is 0.462 bits per heavy atom. The average molecular weight is 1100 g/mol.